The van der Waals surface area contributed by atoms with Crippen molar-refractivity contribution >= 4 is 21.5 Å². The minimum Gasteiger partial charge on any atom is -0.454 e. The van der Waals surface area contributed by atoms with Crippen LogP contribution in [-0.2, 0) is 10.0 Å². The second-order valence-corrected chi connectivity index (χ2v) is 7.47. The molecule has 0 unspecified atom stereocenters. The highest BCUT2D eigenvalue weighted by atomic mass is 32.2. The van der Waals surface area contributed by atoms with Gasteiger partial charge in [0.1, 0.15) is 5.82 Å². The van der Waals surface area contributed by atoms with Crippen molar-refractivity contribution in [2.75, 3.05) is 44.0 Å². The lowest BCUT2D eigenvalue weighted by atomic mass is 10.3. The Labute approximate surface area is 146 Å². The summed E-state index contributed by atoms with van der Waals surface area (Å²) < 4.78 is 37.8. The van der Waals surface area contributed by atoms with Gasteiger partial charge >= 0.3 is 0 Å². The Bertz CT molecular complexity index is 838. The van der Waals surface area contributed by atoms with Gasteiger partial charge in [-0.1, -0.05) is 0 Å². The molecule has 1 aromatic carbocycles. The first-order valence-electron chi connectivity index (χ1n) is 7.71. The molecule has 0 fully saturated rings. The van der Waals surface area contributed by atoms with Gasteiger partial charge in [0.05, 0.1) is 16.8 Å². The number of rotatable bonds is 7. The summed E-state index contributed by atoms with van der Waals surface area (Å²) in [4.78, 5) is 6.29. The molecule has 8 nitrogen and oxygen atoms in total. The Hall–Kier alpha value is -2.52. The number of fused-ring (bicyclic) bond motifs is 1. The van der Waals surface area contributed by atoms with Crippen LogP contribution in [0.1, 0.15) is 0 Å². The first kappa shape index (κ1) is 17.3. The summed E-state index contributed by atoms with van der Waals surface area (Å²) in [5, 5.41) is 3.21. The van der Waals surface area contributed by atoms with Crippen LogP contribution < -0.4 is 19.5 Å². The van der Waals surface area contributed by atoms with E-state index in [9.17, 15) is 8.42 Å². The van der Waals surface area contributed by atoms with Crippen LogP contribution in [-0.4, -0.2) is 52.3 Å². The fraction of sp³-hybridized carbons (Fsp3) is 0.312. The van der Waals surface area contributed by atoms with E-state index in [1.807, 2.05) is 14.1 Å². The maximum Gasteiger partial charge on any atom is 0.263 e. The summed E-state index contributed by atoms with van der Waals surface area (Å²) in [5.74, 6) is 1.19. The molecule has 0 amide bonds. The molecule has 1 aromatic heterocycles. The van der Waals surface area contributed by atoms with Gasteiger partial charge in [-0.05, 0) is 38.4 Å². The lowest BCUT2D eigenvalue weighted by Crippen LogP contribution is -2.20. The topological polar surface area (TPSA) is 92.8 Å². The van der Waals surface area contributed by atoms with E-state index in [4.69, 9.17) is 9.47 Å². The van der Waals surface area contributed by atoms with E-state index < -0.39 is 10.0 Å². The number of aromatic nitrogens is 1. The predicted octanol–water partition coefficient (Wildman–Crippen LogP) is 1.58. The Kier molecular flexibility index (Phi) is 4.95. The zero-order valence-electron chi connectivity index (χ0n) is 14.0. The number of hydrogen-bond donors (Lipinski definition) is 2. The summed E-state index contributed by atoms with van der Waals surface area (Å²) >= 11 is 0. The van der Waals surface area contributed by atoms with E-state index >= 15 is 0 Å². The smallest absolute Gasteiger partial charge is 0.263 e. The third-order valence-electron chi connectivity index (χ3n) is 3.54. The summed E-state index contributed by atoms with van der Waals surface area (Å²) in [5.41, 5.74) is 0.827. The fourth-order valence-corrected chi connectivity index (χ4v) is 3.25. The second-order valence-electron chi connectivity index (χ2n) is 5.78. The highest BCUT2D eigenvalue weighted by molar-refractivity contribution is 7.92. The van der Waals surface area contributed by atoms with Crippen LogP contribution in [0.5, 0.6) is 11.5 Å². The number of nitrogens with one attached hydrogen (secondary N) is 2. The Morgan fingerprint density at radius 1 is 1.16 bits per heavy atom. The highest BCUT2D eigenvalue weighted by Crippen LogP contribution is 2.34. The summed E-state index contributed by atoms with van der Waals surface area (Å²) in [6, 6.07) is 7.86. The molecule has 1 aliphatic heterocycles. The number of likely N-dealkylation sites (N-methyl/N-ethyl adjacent to an activating group) is 1. The lowest BCUT2D eigenvalue weighted by molar-refractivity contribution is 0.174. The van der Waals surface area contributed by atoms with E-state index in [0.29, 0.717) is 11.5 Å². The summed E-state index contributed by atoms with van der Waals surface area (Å²) in [6.45, 7) is 1.76. The molecule has 0 spiro atoms. The molecule has 3 rings (SSSR count). The van der Waals surface area contributed by atoms with Crippen molar-refractivity contribution in [1.82, 2.24) is 9.88 Å². The second kappa shape index (κ2) is 7.16. The van der Waals surface area contributed by atoms with Gasteiger partial charge in [0.15, 0.2) is 11.5 Å². The quantitative estimate of drug-likeness (QED) is 0.770. The van der Waals surface area contributed by atoms with E-state index in [1.54, 1.807) is 24.4 Å². The van der Waals surface area contributed by atoms with Gasteiger partial charge in [0.25, 0.3) is 10.0 Å². The minimum absolute atomic E-state index is 0.0896. The van der Waals surface area contributed by atoms with E-state index in [1.165, 1.54) is 12.1 Å². The Balaban J connectivity index is 1.66. The van der Waals surface area contributed by atoms with Crippen LogP contribution in [0, 0.1) is 0 Å². The van der Waals surface area contributed by atoms with Gasteiger partial charge in [-0.3, -0.25) is 4.72 Å². The van der Waals surface area contributed by atoms with Crippen LogP contribution in [0.25, 0.3) is 0 Å². The van der Waals surface area contributed by atoms with E-state index in [0.717, 1.165) is 18.8 Å². The fourth-order valence-electron chi connectivity index (χ4n) is 2.22. The number of anilines is 2. The van der Waals surface area contributed by atoms with Gasteiger partial charge < -0.3 is 19.7 Å². The average Bonchev–Trinajstić information content (AvgIpc) is 3.03. The van der Waals surface area contributed by atoms with E-state index in [-0.39, 0.29) is 17.5 Å². The third-order valence-corrected chi connectivity index (χ3v) is 4.90. The van der Waals surface area contributed by atoms with Gasteiger partial charge in [-0.25, -0.2) is 13.4 Å². The standard InChI is InChI=1S/C16H20N4O4S/c1-20(2)8-7-17-12-3-6-16(18-10-12)19-25(21,22)13-4-5-14-15(9-13)24-11-23-14/h3-6,9-10,17H,7-8,11H2,1-2H3,(H,18,19). The molecular formula is C16H20N4O4S. The highest BCUT2D eigenvalue weighted by Gasteiger charge is 2.20. The molecule has 134 valence electrons. The first-order chi connectivity index (χ1) is 11.9. The molecule has 0 bridgehead atoms. The predicted molar refractivity (Wildman–Crippen MR) is 94.7 cm³/mol. The molecule has 2 N–H and O–H groups in total. The first-order valence-corrected chi connectivity index (χ1v) is 9.19. The van der Waals surface area contributed by atoms with Gasteiger partial charge in [-0.2, -0.15) is 0 Å². The Morgan fingerprint density at radius 2 is 1.96 bits per heavy atom. The van der Waals surface area contributed by atoms with Crippen LogP contribution in [0.3, 0.4) is 0 Å². The van der Waals surface area contributed by atoms with Crippen molar-refractivity contribution in [1.29, 1.82) is 0 Å². The minimum atomic E-state index is -3.75. The number of benzene rings is 1. The molecule has 2 heterocycles. The monoisotopic (exact) mass is 364 g/mol. The molecule has 9 heteroatoms. The van der Waals surface area contributed by atoms with Gasteiger partial charge in [0.2, 0.25) is 6.79 Å². The molecule has 0 radical (unpaired) electrons. The van der Waals surface area contributed by atoms with Crippen LogP contribution in [0.15, 0.2) is 41.4 Å². The SMILES string of the molecule is CN(C)CCNc1ccc(NS(=O)(=O)c2ccc3c(c2)OCO3)nc1. The average molecular weight is 364 g/mol. The number of hydrogen-bond acceptors (Lipinski definition) is 7. The van der Waals surface area contributed by atoms with Crippen molar-refractivity contribution < 1.29 is 17.9 Å². The van der Waals surface area contributed by atoms with Crippen molar-refractivity contribution in [3.05, 3.63) is 36.5 Å². The normalized spacial score (nSPS) is 13.1. The van der Waals surface area contributed by atoms with Crippen molar-refractivity contribution in [2.24, 2.45) is 0 Å². The molecule has 1 aliphatic rings. The summed E-state index contributed by atoms with van der Waals surface area (Å²) in [6.07, 6.45) is 1.59. The number of ether oxygens (including phenoxy) is 2. The van der Waals surface area contributed by atoms with Crippen molar-refractivity contribution in [3.63, 3.8) is 0 Å². The molecule has 2 aromatic rings. The number of nitrogens with zero attached hydrogens (tertiary/aromatic N) is 2. The maximum atomic E-state index is 12.5. The lowest BCUT2D eigenvalue weighted by Gasteiger charge is -2.12. The maximum absolute atomic E-state index is 12.5. The third kappa shape index (κ3) is 4.31. The van der Waals surface area contributed by atoms with Crippen LogP contribution in [0.4, 0.5) is 11.5 Å². The number of sulfonamides is 1. The molecule has 25 heavy (non-hydrogen) atoms. The van der Waals surface area contributed by atoms with Gasteiger partial charge in [0, 0.05) is 19.2 Å². The van der Waals surface area contributed by atoms with Crippen molar-refractivity contribution in [3.8, 4) is 11.5 Å². The zero-order chi connectivity index (χ0) is 17.9. The Morgan fingerprint density at radius 3 is 2.68 bits per heavy atom. The summed E-state index contributed by atoms with van der Waals surface area (Å²) in [7, 11) is 0.237. The molecular weight excluding hydrogens is 344 g/mol. The van der Waals surface area contributed by atoms with Gasteiger partial charge in [-0.15, -0.1) is 0 Å². The van der Waals surface area contributed by atoms with Crippen molar-refractivity contribution in [2.45, 2.75) is 4.90 Å². The molecule has 0 saturated heterocycles. The van der Waals surface area contributed by atoms with Crippen LogP contribution in [0.2, 0.25) is 0 Å². The van der Waals surface area contributed by atoms with Crippen LogP contribution >= 0.6 is 0 Å². The number of pyridine rings is 1. The molecule has 0 atom stereocenters. The zero-order valence-corrected chi connectivity index (χ0v) is 14.8. The molecule has 0 saturated carbocycles. The van der Waals surface area contributed by atoms with E-state index in [2.05, 4.69) is 19.9 Å². The molecule has 0 aliphatic carbocycles. The largest absolute Gasteiger partial charge is 0.454 e.